The number of carboxylic acid groups (broad SMARTS) is 1. The first kappa shape index (κ1) is 28.0. The highest BCUT2D eigenvalue weighted by molar-refractivity contribution is 5.97. The van der Waals surface area contributed by atoms with E-state index in [0.29, 0.717) is 12.0 Å². The molecule has 0 radical (unpaired) electrons. The molecular weight excluding hydrogens is 476 g/mol. The smallest absolute Gasteiger partial charge is 0.326 e. The summed E-state index contributed by atoms with van der Waals surface area (Å²) in [6.07, 6.45) is -0.602. The number of hydrogen-bond acceptors (Lipinski definition) is 8. The van der Waals surface area contributed by atoms with Crippen LogP contribution in [-0.2, 0) is 35.2 Å². The molecule has 5 amide bonds. The topological polar surface area (TPSA) is 248 Å². The van der Waals surface area contributed by atoms with Gasteiger partial charge in [0.05, 0.1) is 18.9 Å². The number of aliphatic carboxylic acids is 1. The Labute approximate surface area is 206 Å². The number of likely N-dealkylation sites (tertiary alicyclic amines) is 1. The second-order valence-electron chi connectivity index (χ2n) is 8.47. The number of phenolic OH excluding ortho intramolecular Hbond substituents is 1. The van der Waals surface area contributed by atoms with Crippen molar-refractivity contribution in [1.82, 2.24) is 15.5 Å². The van der Waals surface area contributed by atoms with Gasteiger partial charge in [-0.1, -0.05) is 12.1 Å². The van der Waals surface area contributed by atoms with Crippen molar-refractivity contribution in [2.75, 3.05) is 6.54 Å². The Bertz CT molecular complexity index is 1010. The summed E-state index contributed by atoms with van der Waals surface area (Å²) in [5.74, 6) is -5.72. The van der Waals surface area contributed by atoms with Crippen LogP contribution < -0.4 is 27.8 Å². The fraction of sp³-hybridized carbons (Fsp3) is 0.455. The number of aromatic hydroxyl groups is 1. The lowest BCUT2D eigenvalue weighted by atomic mass is 10.0. The molecule has 0 spiro atoms. The van der Waals surface area contributed by atoms with Crippen molar-refractivity contribution in [1.29, 1.82) is 0 Å². The molecule has 1 aromatic rings. The summed E-state index contributed by atoms with van der Waals surface area (Å²) in [7, 11) is 0. The Morgan fingerprint density at radius 2 is 1.50 bits per heavy atom. The normalized spacial score (nSPS) is 17.5. The van der Waals surface area contributed by atoms with Crippen LogP contribution in [0.4, 0.5) is 0 Å². The Balaban J connectivity index is 2.13. The summed E-state index contributed by atoms with van der Waals surface area (Å²) >= 11 is 0. The van der Waals surface area contributed by atoms with E-state index in [0.717, 1.165) is 4.90 Å². The number of nitrogens with zero attached hydrogens (tertiary/aromatic N) is 1. The van der Waals surface area contributed by atoms with Crippen LogP contribution in [0.3, 0.4) is 0 Å². The van der Waals surface area contributed by atoms with Gasteiger partial charge < -0.3 is 42.9 Å². The highest BCUT2D eigenvalue weighted by atomic mass is 16.4. The molecule has 0 aliphatic carbocycles. The van der Waals surface area contributed by atoms with E-state index in [2.05, 4.69) is 10.6 Å². The second kappa shape index (κ2) is 12.5. The number of hydrogen-bond donors (Lipinski definition) is 7. The first-order valence-electron chi connectivity index (χ1n) is 11.1. The van der Waals surface area contributed by atoms with E-state index < -0.39 is 72.5 Å². The molecule has 1 aromatic carbocycles. The van der Waals surface area contributed by atoms with Crippen LogP contribution in [0.5, 0.6) is 5.75 Å². The van der Waals surface area contributed by atoms with Gasteiger partial charge in [0.25, 0.3) is 0 Å². The van der Waals surface area contributed by atoms with Crippen LogP contribution in [0.1, 0.15) is 31.2 Å². The van der Waals surface area contributed by atoms with Gasteiger partial charge in [-0.25, -0.2) is 4.79 Å². The van der Waals surface area contributed by atoms with Gasteiger partial charge in [-0.3, -0.25) is 24.0 Å². The largest absolute Gasteiger partial charge is 0.508 e. The van der Waals surface area contributed by atoms with Gasteiger partial charge in [-0.15, -0.1) is 0 Å². The van der Waals surface area contributed by atoms with E-state index in [1.807, 2.05) is 0 Å². The lowest BCUT2D eigenvalue weighted by molar-refractivity contribution is -0.149. The predicted octanol–water partition coefficient (Wildman–Crippen LogP) is -2.94. The Kier molecular flexibility index (Phi) is 9.73. The maximum absolute atomic E-state index is 13.0. The van der Waals surface area contributed by atoms with Crippen LogP contribution >= 0.6 is 0 Å². The minimum atomic E-state index is -1.53. The number of phenols is 1. The Hall–Kier alpha value is -4.20. The van der Waals surface area contributed by atoms with Gasteiger partial charge in [0.1, 0.15) is 23.9 Å². The van der Waals surface area contributed by atoms with Crippen molar-refractivity contribution in [3.8, 4) is 5.75 Å². The van der Waals surface area contributed by atoms with Gasteiger partial charge in [-0.2, -0.15) is 0 Å². The first-order chi connectivity index (χ1) is 16.9. The van der Waals surface area contributed by atoms with Crippen LogP contribution in [0.2, 0.25) is 0 Å². The molecule has 1 aliphatic heterocycles. The van der Waals surface area contributed by atoms with Crippen molar-refractivity contribution in [3.63, 3.8) is 0 Å². The molecule has 196 valence electrons. The van der Waals surface area contributed by atoms with E-state index in [9.17, 15) is 39.0 Å². The summed E-state index contributed by atoms with van der Waals surface area (Å²) < 4.78 is 0. The number of nitrogens with two attached hydrogens (primary N) is 3. The third-order valence-electron chi connectivity index (χ3n) is 5.61. The Morgan fingerprint density at radius 1 is 0.944 bits per heavy atom. The summed E-state index contributed by atoms with van der Waals surface area (Å²) in [6, 6.07) is 0.622. The molecule has 14 heteroatoms. The summed E-state index contributed by atoms with van der Waals surface area (Å²) in [4.78, 5) is 74.0. The van der Waals surface area contributed by atoms with Gasteiger partial charge in [0, 0.05) is 6.54 Å². The molecule has 1 fully saturated rings. The fourth-order valence-corrected chi connectivity index (χ4v) is 3.83. The highest BCUT2D eigenvalue weighted by Crippen LogP contribution is 2.19. The number of carbonyl (C=O) groups is 6. The summed E-state index contributed by atoms with van der Waals surface area (Å²) in [5.41, 5.74) is 16.9. The van der Waals surface area contributed by atoms with Crippen LogP contribution in [0.25, 0.3) is 0 Å². The van der Waals surface area contributed by atoms with Crippen LogP contribution in [0, 0.1) is 0 Å². The number of nitrogens with one attached hydrogen (secondary N) is 2. The number of carboxylic acids is 1. The average Bonchev–Trinajstić information content (AvgIpc) is 3.28. The number of rotatable bonds is 12. The molecule has 36 heavy (non-hydrogen) atoms. The monoisotopic (exact) mass is 506 g/mol. The van der Waals surface area contributed by atoms with E-state index >= 15 is 0 Å². The molecule has 2 rings (SSSR count). The molecule has 0 aromatic heterocycles. The number of primary amides is 2. The molecule has 0 bridgehead atoms. The zero-order chi connectivity index (χ0) is 27.0. The SMILES string of the molecule is NC(=O)CC(NC(=O)C(N)Cc1ccc(O)cc1)C(=O)NC(CC(N)=O)C(=O)N1CCCC1C(=O)O. The molecule has 14 nitrogen and oxygen atoms in total. The van der Waals surface area contributed by atoms with Gasteiger partial charge in [-0.05, 0) is 37.0 Å². The molecule has 1 saturated heterocycles. The molecular formula is C22H30N6O8. The van der Waals surface area contributed by atoms with Crippen molar-refractivity contribution in [2.45, 2.75) is 56.3 Å². The lowest BCUT2D eigenvalue weighted by Gasteiger charge is -2.28. The van der Waals surface area contributed by atoms with Crippen LogP contribution in [0.15, 0.2) is 24.3 Å². The van der Waals surface area contributed by atoms with Gasteiger partial charge in [0.15, 0.2) is 0 Å². The third-order valence-corrected chi connectivity index (χ3v) is 5.61. The standard InChI is InChI=1S/C22H30N6O8/c23-13(8-11-3-5-12(29)6-4-11)19(32)26-14(9-17(24)30)20(33)27-15(10-18(25)31)21(34)28-7-1-2-16(28)22(35)36/h3-6,13-16,29H,1-2,7-10,23H2,(H2,24,30)(H2,25,31)(H,26,32)(H,27,33)(H,35,36). The third kappa shape index (κ3) is 7.94. The van der Waals surface area contributed by atoms with Crippen LogP contribution in [-0.4, -0.2) is 81.3 Å². The summed E-state index contributed by atoms with van der Waals surface area (Å²) in [5, 5.41) is 23.3. The van der Waals surface area contributed by atoms with Gasteiger partial charge >= 0.3 is 5.97 Å². The lowest BCUT2D eigenvalue weighted by Crippen LogP contribution is -2.58. The minimum Gasteiger partial charge on any atom is -0.508 e. The van der Waals surface area contributed by atoms with E-state index in [1.165, 1.54) is 12.1 Å². The Morgan fingerprint density at radius 3 is 2.06 bits per heavy atom. The number of benzene rings is 1. The van der Waals surface area contributed by atoms with E-state index in [-0.39, 0.29) is 25.1 Å². The second-order valence-corrected chi connectivity index (χ2v) is 8.47. The average molecular weight is 507 g/mol. The van der Waals surface area contributed by atoms with Gasteiger partial charge in [0.2, 0.25) is 29.5 Å². The zero-order valence-electron chi connectivity index (χ0n) is 19.4. The first-order valence-corrected chi connectivity index (χ1v) is 11.1. The molecule has 4 unspecified atom stereocenters. The highest BCUT2D eigenvalue weighted by Gasteiger charge is 2.39. The quantitative estimate of drug-likeness (QED) is 0.153. The summed E-state index contributed by atoms with van der Waals surface area (Å²) in [6.45, 7) is 0.106. The predicted molar refractivity (Wildman–Crippen MR) is 124 cm³/mol. The van der Waals surface area contributed by atoms with E-state index in [4.69, 9.17) is 17.2 Å². The van der Waals surface area contributed by atoms with E-state index in [1.54, 1.807) is 12.1 Å². The maximum atomic E-state index is 13.0. The molecule has 4 atom stereocenters. The minimum absolute atomic E-state index is 0.0265. The molecule has 0 saturated carbocycles. The molecule has 1 aliphatic rings. The van der Waals surface area contributed by atoms with Crippen molar-refractivity contribution < 1.29 is 39.0 Å². The number of carbonyl (C=O) groups excluding carboxylic acids is 5. The van der Waals surface area contributed by atoms with Crippen molar-refractivity contribution in [3.05, 3.63) is 29.8 Å². The fourth-order valence-electron chi connectivity index (χ4n) is 3.83. The number of amides is 5. The molecule has 1 heterocycles. The zero-order valence-corrected chi connectivity index (χ0v) is 19.4. The van der Waals surface area contributed by atoms with Crippen molar-refractivity contribution in [2.24, 2.45) is 17.2 Å². The molecule has 10 N–H and O–H groups in total. The maximum Gasteiger partial charge on any atom is 0.326 e. The van der Waals surface area contributed by atoms with Crippen molar-refractivity contribution >= 4 is 35.5 Å².